The fourth-order valence-corrected chi connectivity index (χ4v) is 2.56. The number of hydrogen-bond acceptors (Lipinski definition) is 2. The van der Waals surface area contributed by atoms with Gasteiger partial charge in [0, 0.05) is 0 Å². The van der Waals surface area contributed by atoms with Crippen molar-refractivity contribution in [1.82, 2.24) is 0 Å². The van der Waals surface area contributed by atoms with E-state index in [1.807, 2.05) is 84.9 Å². The maximum Gasteiger partial charge on any atom is 2.00 e. The summed E-state index contributed by atoms with van der Waals surface area (Å²) < 4.78 is 0. The van der Waals surface area contributed by atoms with Crippen molar-refractivity contribution in [3.05, 3.63) is 123 Å². The fourth-order valence-electron chi connectivity index (χ4n) is 2.56. The monoisotopic (exact) mass is 572 g/mol. The minimum atomic E-state index is 0. The minimum Gasteiger partial charge on any atom is -0.872 e. The summed E-state index contributed by atoms with van der Waals surface area (Å²) in [5, 5.41) is 21.7. The molecule has 0 aliphatic heterocycles. The van der Waals surface area contributed by atoms with Gasteiger partial charge in [0.2, 0.25) is 0 Å². The van der Waals surface area contributed by atoms with Gasteiger partial charge in [-0.1, -0.05) is 163 Å². The van der Waals surface area contributed by atoms with E-state index in [0.29, 0.717) is 0 Å². The van der Waals surface area contributed by atoms with Crippen molar-refractivity contribution in [3.63, 3.8) is 0 Å². The van der Waals surface area contributed by atoms with Crippen molar-refractivity contribution in [2.24, 2.45) is 0 Å². The normalized spacial score (nSPS) is 9.03. The fraction of sp³-hybridized carbons (Fsp3) is 0.188. The second kappa shape index (κ2) is 20.6. The van der Waals surface area contributed by atoms with Crippen molar-refractivity contribution in [3.8, 4) is 33.8 Å². The van der Waals surface area contributed by atoms with Gasteiger partial charge in [-0.15, -0.1) is 11.5 Å². The van der Waals surface area contributed by atoms with Crippen LogP contribution in [0.25, 0.3) is 22.3 Å². The average Bonchev–Trinajstić information content (AvgIpc) is 2.91. The van der Waals surface area contributed by atoms with Gasteiger partial charge >= 0.3 is 23.9 Å². The molecule has 0 aliphatic carbocycles. The zero-order chi connectivity index (χ0) is 25.0. The third-order valence-electron chi connectivity index (χ3n) is 4.63. The van der Waals surface area contributed by atoms with Gasteiger partial charge in [-0.3, -0.25) is 0 Å². The van der Waals surface area contributed by atoms with Crippen molar-refractivity contribution >= 4 is 23.9 Å². The topological polar surface area (TPSA) is 46.1 Å². The average molecular weight is 571 g/mol. The Kier molecular flexibility index (Phi) is 19.0. The summed E-state index contributed by atoms with van der Waals surface area (Å²) in [4.78, 5) is 0. The molecule has 0 spiro atoms. The summed E-state index contributed by atoms with van der Waals surface area (Å²) in [5.74, 6) is 0.111. The second-order valence-corrected chi connectivity index (χ2v) is 7.49. The molecule has 4 radical (unpaired) electrons. The molecular formula is C32H36O2Sn. The predicted molar refractivity (Wildman–Crippen MR) is 149 cm³/mol. The van der Waals surface area contributed by atoms with Gasteiger partial charge in [-0.05, 0) is 22.3 Å². The molecule has 2 nitrogen and oxygen atoms in total. The SMILES string of the molecule is [CH2]CCC.[CH2]CCC.[O-]c1ccc(-c2ccccc2)cc1.[O-]c1ccc(-c2ccccc2)cc1.[Sn+2]. The van der Waals surface area contributed by atoms with Crippen LogP contribution in [0.15, 0.2) is 109 Å². The number of benzene rings is 4. The Morgan fingerprint density at radius 1 is 0.457 bits per heavy atom. The second-order valence-electron chi connectivity index (χ2n) is 7.49. The predicted octanol–water partition coefficient (Wildman–Crippen LogP) is 7.71. The largest absolute Gasteiger partial charge is 2.00 e. The standard InChI is InChI=1S/2C12H10O.2C4H9.Sn/c2*13-12-8-6-11(7-9-12)10-4-2-1-3-5-10;2*1-3-4-2;/h2*1-9,13H;2*1,3-4H2,2H3;/q;;;;+2/p-2. The summed E-state index contributed by atoms with van der Waals surface area (Å²) in [6.07, 6.45) is 4.56. The Morgan fingerprint density at radius 2 is 0.686 bits per heavy atom. The van der Waals surface area contributed by atoms with E-state index in [-0.39, 0.29) is 35.4 Å². The minimum absolute atomic E-state index is 0. The molecule has 0 saturated carbocycles. The van der Waals surface area contributed by atoms with Crippen molar-refractivity contribution in [1.29, 1.82) is 0 Å². The molecule has 0 N–H and O–H groups in total. The molecule has 0 bridgehead atoms. The quantitative estimate of drug-likeness (QED) is 0.236. The number of unbranched alkanes of at least 4 members (excludes halogenated alkanes) is 2. The van der Waals surface area contributed by atoms with Crippen LogP contribution in [0, 0.1) is 13.8 Å². The van der Waals surface area contributed by atoms with Crippen LogP contribution in [0.4, 0.5) is 0 Å². The van der Waals surface area contributed by atoms with E-state index < -0.39 is 0 Å². The van der Waals surface area contributed by atoms with E-state index in [4.69, 9.17) is 0 Å². The van der Waals surface area contributed by atoms with Gasteiger partial charge in [-0.25, -0.2) is 0 Å². The molecule has 4 aromatic carbocycles. The molecule has 35 heavy (non-hydrogen) atoms. The summed E-state index contributed by atoms with van der Waals surface area (Å²) in [5.41, 5.74) is 4.45. The molecule has 0 amide bonds. The Bertz CT molecular complexity index is 894. The third-order valence-corrected chi connectivity index (χ3v) is 4.63. The maximum absolute atomic E-state index is 10.9. The molecule has 4 rings (SSSR count). The van der Waals surface area contributed by atoms with E-state index in [1.165, 1.54) is 12.8 Å². The first kappa shape index (κ1) is 32.3. The molecule has 0 saturated heterocycles. The zero-order valence-corrected chi connectivity index (χ0v) is 23.8. The van der Waals surface area contributed by atoms with Crippen LogP contribution >= 0.6 is 0 Å². The van der Waals surface area contributed by atoms with Crippen molar-refractivity contribution in [2.45, 2.75) is 39.5 Å². The van der Waals surface area contributed by atoms with Crippen LogP contribution in [-0.4, -0.2) is 23.9 Å². The van der Waals surface area contributed by atoms with E-state index in [1.54, 1.807) is 24.3 Å². The van der Waals surface area contributed by atoms with Gasteiger partial charge in [0.1, 0.15) is 0 Å². The third kappa shape index (κ3) is 14.3. The van der Waals surface area contributed by atoms with Crippen LogP contribution in [0.5, 0.6) is 11.5 Å². The van der Waals surface area contributed by atoms with Gasteiger partial charge in [0.15, 0.2) is 0 Å². The van der Waals surface area contributed by atoms with Gasteiger partial charge < -0.3 is 10.2 Å². The Morgan fingerprint density at radius 3 is 0.914 bits per heavy atom. The zero-order valence-electron chi connectivity index (χ0n) is 21.0. The molecule has 0 heterocycles. The molecular weight excluding hydrogens is 535 g/mol. The molecule has 0 fully saturated rings. The van der Waals surface area contributed by atoms with E-state index in [9.17, 15) is 10.2 Å². The number of rotatable bonds is 4. The maximum atomic E-state index is 10.9. The molecule has 0 aliphatic rings. The molecule has 4 aromatic rings. The van der Waals surface area contributed by atoms with Crippen LogP contribution in [0.3, 0.4) is 0 Å². The summed E-state index contributed by atoms with van der Waals surface area (Å²) in [6.45, 7) is 11.4. The van der Waals surface area contributed by atoms with Gasteiger partial charge in [0.05, 0.1) is 0 Å². The molecule has 0 unspecified atom stereocenters. The summed E-state index contributed by atoms with van der Waals surface area (Å²) in [7, 11) is 0. The Labute approximate surface area is 229 Å². The Hall–Kier alpha value is -2.72. The first-order chi connectivity index (χ1) is 16.5. The van der Waals surface area contributed by atoms with Crippen LogP contribution in [0.1, 0.15) is 39.5 Å². The van der Waals surface area contributed by atoms with E-state index in [0.717, 1.165) is 35.1 Å². The van der Waals surface area contributed by atoms with Gasteiger partial charge in [0.25, 0.3) is 0 Å². The van der Waals surface area contributed by atoms with E-state index in [2.05, 4.69) is 27.7 Å². The molecule has 3 heteroatoms. The van der Waals surface area contributed by atoms with Crippen LogP contribution in [-0.2, 0) is 0 Å². The van der Waals surface area contributed by atoms with E-state index >= 15 is 0 Å². The number of hydrogen-bond donors (Lipinski definition) is 0. The summed E-state index contributed by atoms with van der Waals surface area (Å²) >= 11 is 0. The van der Waals surface area contributed by atoms with Gasteiger partial charge in [-0.2, -0.15) is 0 Å². The smallest absolute Gasteiger partial charge is 0.872 e. The summed E-state index contributed by atoms with van der Waals surface area (Å²) in [6, 6.07) is 33.7. The van der Waals surface area contributed by atoms with Crippen molar-refractivity contribution in [2.75, 3.05) is 0 Å². The Balaban J connectivity index is 0.000000499. The van der Waals surface area contributed by atoms with Crippen LogP contribution < -0.4 is 10.2 Å². The molecule has 180 valence electrons. The molecule has 0 atom stereocenters. The molecule has 0 aromatic heterocycles. The van der Waals surface area contributed by atoms with Crippen molar-refractivity contribution < 1.29 is 10.2 Å². The first-order valence-electron chi connectivity index (χ1n) is 11.8. The first-order valence-corrected chi connectivity index (χ1v) is 11.8. The van der Waals surface area contributed by atoms with Crippen LogP contribution in [0.2, 0.25) is 0 Å².